The van der Waals surface area contributed by atoms with Crippen molar-refractivity contribution in [2.24, 2.45) is 0 Å². The normalized spacial score (nSPS) is 15.5. The van der Waals surface area contributed by atoms with Gasteiger partial charge in [0.1, 0.15) is 11.1 Å². The van der Waals surface area contributed by atoms with Crippen molar-refractivity contribution in [3.05, 3.63) is 88.9 Å². The number of amides is 2. The fourth-order valence-corrected chi connectivity index (χ4v) is 4.85. The monoisotopic (exact) mass is 464 g/mol. The van der Waals surface area contributed by atoms with Crippen molar-refractivity contribution in [2.75, 3.05) is 17.7 Å². The Morgan fingerprint density at radius 3 is 2.64 bits per heavy atom. The van der Waals surface area contributed by atoms with Crippen LogP contribution in [0.25, 0.3) is 0 Å². The highest BCUT2D eigenvalue weighted by atomic mass is 32.2. The van der Waals surface area contributed by atoms with Gasteiger partial charge in [-0.25, -0.2) is 4.79 Å². The topological polar surface area (TPSA) is 88.8 Å². The van der Waals surface area contributed by atoms with Crippen LogP contribution in [0.2, 0.25) is 0 Å². The number of carbonyl (C=O) groups excluding carboxylic acids is 3. The number of ether oxygens (including phenoxy) is 1. The Hall–Kier alpha value is -3.52. The van der Waals surface area contributed by atoms with Crippen LogP contribution in [0.1, 0.15) is 49.9 Å². The lowest BCUT2D eigenvalue weighted by Crippen LogP contribution is -2.27. The molecule has 1 saturated heterocycles. The van der Waals surface area contributed by atoms with Gasteiger partial charge in [0.05, 0.1) is 30.7 Å². The highest BCUT2D eigenvalue weighted by Gasteiger charge is 2.33. The molecule has 2 amide bonds. The van der Waals surface area contributed by atoms with E-state index in [1.165, 1.54) is 0 Å². The largest absolute Gasteiger partial charge is 0.467 e. The summed E-state index contributed by atoms with van der Waals surface area (Å²) in [4.78, 5) is 39.1. The van der Waals surface area contributed by atoms with Crippen LogP contribution in [0, 0.1) is 6.92 Å². The number of esters is 1. The Morgan fingerprint density at radius 1 is 1.15 bits per heavy atom. The van der Waals surface area contributed by atoms with Crippen LogP contribution < -0.4 is 5.32 Å². The molecular formula is C25H24N2O5S. The summed E-state index contributed by atoms with van der Waals surface area (Å²) < 4.78 is 10.5. The lowest BCUT2D eigenvalue weighted by molar-refractivity contribution is -0.128. The van der Waals surface area contributed by atoms with Gasteiger partial charge in [-0.05, 0) is 61.4 Å². The van der Waals surface area contributed by atoms with Gasteiger partial charge in [0.15, 0.2) is 0 Å². The number of rotatable bonds is 7. The Balaban J connectivity index is 1.47. The fraction of sp³-hybridized carbons (Fsp3) is 0.240. The number of nitrogens with zero attached hydrogens (tertiary/aromatic N) is 1. The smallest absolute Gasteiger partial charge is 0.338 e. The zero-order valence-corrected chi connectivity index (χ0v) is 19.2. The molecule has 0 aliphatic carbocycles. The molecule has 1 fully saturated rings. The Morgan fingerprint density at radius 2 is 1.94 bits per heavy atom. The second-order valence-corrected chi connectivity index (χ2v) is 8.61. The predicted molar refractivity (Wildman–Crippen MR) is 126 cm³/mol. The van der Waals surface area contributed by atoms with Crippen LogP contribution in [0.4, 0.5) is 5.69 Å². The van der Waals surface area contributed by atoms with Crippen LogP contribution in [0.3, 0.4) is 0 Å². The van der Waals surface area contributed by atoms with E-state index in [-0.39, 0.29) is 23.8 Å². The molecule has 7 nitrogen and oxygen atoms in total. The summed E-state index contributed by atoms with van der Waals surface area (Å²) in [5, 5.41) is 2.73. The van der Waals surface area contributed by atoms with Gasteiger partial charge in [-0.2, -0.15) is 0 Å². The van der Waals surface area contributed by atoms with Crippen LogP contribution in [0.15, 0.2) is 65.3 Å². The number of benzene rings is 2. The third-order valence-electron chi connectivity index (χ3n) is 5.41. The molecule has 0 saturated carbocycles. The van der Waals surface area contributed by atoms with Gasteiger partial charge in [-0.1, -0.05) is 18.2 Å². The molecule has 0 radical (unpaired) electrons. The first kappa shape index (κ1) is 22.7. The van der Waals surface area contributed by atoms with Gasteiger partial charge in [-0.3, -0.25) is 9.59 Å². The number of hydrogen-bond donors (Lipinski definition) is 1. The summed E-state index contributed by atoms with van der Waals surface area (Å²) in [5.41, 5.74) is 3.04. The van der Waals surface area contributed by atoms with Crippen molar-refractivity contribution >= 4 is 35.2 Å². The maximum absolute atomic E-state index is 12.8. The molecule has 4 rings (SSSR count). The van der Waals surface area contributed by atoms with Gasteiger partial charge >= 0.3 is 5.97 Å². The molecule has 2 aromatic carbocycles. The predicted octanol–water partition coefficient (Wildman–Crippen LogP) is 4.79. The second-order valence-electron chi connectivity index (χ2n) is 7.54. The van der Waals surface area contributed by atoms with Crippen LogP contribution >= 0.6 is 11.8 Å². The summed E-state index contributed by atoms with van der Waals surface area (Å²) in [6.45, 7) is 4.21. The van der Waals surface area contributed by atoms with E-state index < -0.39 is 5.97 Å². The summed E-state index contributed by atoms with van der Waals surface area (Å²) >= 11 is 1.55. The molecule has 8 heteroatoms. The average molecular weight is 465 g/mol. The summed E-state index contributed by atoms with van der Waals surface area (Å²) in [6, 6.07) is 16.0. The molecule has 1 aliphatic rings. The van der Waals surface area contributed by atoms with Crippen molar-refractivity contribution in [1.82, 2.24) is 4.90 Å². The molecular weight excluding hydrogens is 440 g/mol. The quantitative estimate of drug-likeness (QED) is 0.506. The van der Waals surface area contributed by atoms with E-state index in [4.69, 9.17) is 9.15 Å². The van der Waals surface area contributed by atoms with Crippen molar-refractivity contribution in [2.45, 2.75) is 25.8 Å². The first-order valence-electron chi connectivity index (χ1n) is 10.6. The van der Waals surface area contributed by atoms with E-state index in [1.807, 2.05) is 18.2 Å². The van der Waals surface area contributed by atoms with Gasteiger partial charge in [0.25, 0.3) is 5.91 Å². The maximum Gasteiger partial charge on any atom is 0.338 e. The standard InChI is InChI=1S/C25H24N2O5S/c1-3-31-25(30)20-7-4-8-21(16(20)2)26-23(29)17-9-11-18(12-10-17)24-27(22(28)15-33-24)14-19-6-5-13-32-19/h4-13,24H,3,14-15H2,1-2H3,(H,26,29)/t24-/m1/s1. The molecule has 1 N–H and O–H groups in total. The summed E-state index contributed by atoms with van der Waals surface area (Å²) in [7, 11) is 0. The number of furan rings is 1. The van der Waals surface area contributed by atoms with Crippen molar-refractivity contribution in [1.29, 1.82) is 0 Å². The zero-order valence-electron chi connectivity index (χ0n) is 18.4. The van der Waals surface area contributed by atoms with Crippen molar-refractivity contribution < 1.29 is 23.5 Å². The first-order valence-corrected chi connectivity index (χ1v) is 11.6. The van der Waals surface area contributed by atoms with Crippen LogP contribution in [-0.4, -0.2) is 35.0 Å². The minimum absolute atomic E-state index is 0.0557. The third kappa shape index (κ3) is 4.96. The van der Waals surface area contributed by atoms with Gasteiger partial charge in [-0.15, -0.1) is 11.8 Å². The Kier molecular flexibility index (Phi) is 6.84. The highest BCUT2D eigenvalue weighted by molar-refractivity contribution is 8.00. The molecule has 1 aromatic heterocycles. The van der Waals surface area contributed by atoms with Gasteiger partial charge in [0, 0.05) is 11.3 Å². The Labute approximate surface area is 196 Å². The summed E-state index contributed by atoms with van der Waals surface area (Å²) in [5.74, 6) is 0.489. The average Bonchev–Trinajstić information content (AvgIpc) is 3.46. The maximum atomic E-state index is 12.8. The second kappa shape index (κ2) is 9.95. The number of hydrogen-bond acceptors (Lipinski definition) is 6. The lowest BCUT2D eigenvalue weighted by Gasteiger charge is -2.23. The molecule has 1 atom stereocenters. The van der Waals surface area contributed by atoms with Crippen molar-refractivity contribution in [3.63, 3.8) is 0 Å². The molecule has 0 spiro atoms. The molecule has 1 aliphatic heterocycles. The van der Waals surface area contributed by atoms with Crippen LogP contribution in [-0.2, 0) is 16.1 Å². The van der Waals surface area contributed by atoms with E-state index in [0.717, 1.165) is 11.3 Å². The first-order chi connectivity index (χ1) is 16.0. The lowest BCUT2D eigenvalue weighted by atomic mass is 10.1. The fourth-order valence-electron chi connectivity index (χ4n) is 3.67. The molecule has 33 heavy (non-hydrogen) atoms. The highest BCUT2D eigenvalue weighted by Crippen LogP contribution is 2.39. The van der Waals surface area contributed by atoms with Gasteiger partial charge < -0.3 is 19.4 Å². The van der Waals surface area contributed by atoms with Crippen molar-refractivity contribution in [3.8, 4) is 0 Å². The van der Waals surface area contributed by atoms with E-state index >= 15 is 0 Å². The molecule has 0 bridgehead atoms. The number of carbonyl (C=O) groups is 3. The van der Waals surface area contributed by atoms with Crippen LogP contribution in [0.5, 0.6) is 0 Å². The third-order valence-corrected chi connectivity index (χ3v) is 6.67. The zero-order chi connectivity index (χ0) is 23.4. The Bertz CT molecular complexity index is 1160. The molecule has 0 unspecified atom stereocenters. The SMILES string of the molecule is CCOC(=O)c1cccc(NC(=O)c2ccc([C@H]3SCC(=O)N3Cc3ccco3)cc2)c1C. The minimum Gasteiger partial charge on any atom is -0.467 e. The number of nitrogens with one attached hydrogen (secondary N) is 1. The summed E-state index contributed by atoms with van der Waals surface area (Å²) in [6.07, 6.45) is 1.59. The van der Waals surface area contributed by atoms with E-state index in [9.17, 15) is 14.4 Å². The van der Waals surface area contributed by atoms with E-state index in [2.05, 4.69) is 5.32 Å². The number of thioether (sulfide) groups is 1. The van der Waals surface area contributed by atoms with E-state index in [0.29, 0.717) is 34.7 Å². The van der Waals surface area contributed by atoms with E-state index in [1.54, 1.807) is 73.2 Å². The van der Waals surface area contributed by atoms with Gasteiger partial charge in [0.2, 0.25) is 5.91 Å². The minimum atomic E-state index is -0.418. The number of anilines is 1. The molecule has 3 aromatic rings. The molecule has 2 heterocycles. The molecule has 170 valence electrons.